The number of rotatable bonds is 7. The van der Waals surface area contributed by atoms with Crippen molar-refractivity contribution in [1.29, 1.82) is 0 Å². The predicted molar refractivity (Wildman–Crippen MR) is 67.7 cm³/mol. The summed E-state index contributed by atoms with van der Waals surface area (Å²) in [6, 6.07) is 5.78. The van der Waals surface area contributed by atoms with Crippen LogP contribution in [0.3, 0.4) is 0 Å². The van der Waals surface area contributed by atoms with Gasteiger partial charge in [0, 0.05) is 25.8 Å². The minimum atomic E-state index is 0.201. The number of hydrogen-bond donors (Lipinski definition) is 1. The lowest BCUT2D eigenvalue weighted by Crippen LogP contribution is -2.25. The van der Waals surface area contributed by atoms with E-state index in [9.17, 15) is 0 Å². The van der Waals surface area contributed by atoms with Crippen molar-refractivity contribution in [1.82, 2.24) is 5.32 Å². The summed E-state index contributed by atoms with van der Waals surface area (Å²) in [5.41, 5.74) is 1.08. The van der Waals surface area contributed by atoms with Gasteiger partial charge in [0.05, 0.1) is 20.3 Å². The molecule has 0 saturated carbocycles. The van der Waals surface area contributed by atoms with E-state index in [4.69, 9.17) is 14.2 Å². The van der Waals surface area contributed by atoms with Crippen LogP contribution >= 0.6 is 0 Å². The highest BCUT2D eigenvalue weighted by Crippen LogP contribution is 2.23. The molecule has 1 rings (SSSR count). The molecule has 0 aliphatic heterocycles. The van der Waals surface area contributed by atoms with Gasteiger partial charge in [-0.1, -0.05) is 0 Å². The van der Waals surface area contributed by atoms with Crippen LogP contribution in [0.25, 0.3) is 0 Å². The van der Waals surface area contributed by atoms with Gasteiger partial charge in [-0.2, -0.15) is 0 Å². The molecule has 0 fully saturated rings. The molecule has 96 valence electrons. The predicted octanol–water partition coefficient (Wildman–Crippen LogP) is 1.83. The maximum atomic E-state index is 5.30. The van der Waals surface area contributed by atoms with Gasteiger partial charge >= 0.3 is 0 Å². The summed E-state index contributed by atoms with van der Waals surface area (Å²) < 4.78 is 15.7. The van der Waals surface area contributed by atoms with Gasteiger partial charge in [-0.05, 0) is 25.1 Å². The molecular formula is C13H21NO3. The molecule has 0 saturated heterocycles. The number of methoxy groups -OCH3 is 3. The molecule has 0 radical (unpaired) electrons. The largest absolute Gasteiger partial charge is 0.497 e. The third-order valence-electron chi connectivity index (χ3n) is 2.64. The zero-order chi connectivity index (χ0) is 12.7. The minimum Gasteiger partial charge on any atom is -0.497 e. The molecule has 1 N–H and O–H groups in total. The molecule has 1 unspecified atom stereocenters. The van der Waals surface area contributed by atoms with E-state index in [0.29, 0.717) is 0 Å². The molecule has 0 heterocycles. The average molecular weight is 239 g/mol. The first-order chi connectivity index (χ1) is 8.21. The highest BCUT2D eigenvalue weighted by atomic mass is 16.5. The maximum Gasteiger partial charge on any atom is 0.123 e. The number of hydrogen-bond acceptors (Lipinski definition) is 4. The standard InChI is InChI=1S/C13H21NO3/c1-10(15-2)8-14-9-11-7-12(16-3)5-6-13(11)17-4/h5-7,10,14H,8-9H2,1-4H3. The van der Waals surface area contributed by atoms with E-state index in [1.54, 1.807) is 21.3 Å². The molecule has 0 aliphatic rings. The fourth-order valence-corrected chi connectivity index (χ4v) is 1.51. The van der Waals surface area contributed by atoms with Gasteiger partial charge in [0.2, 0.25) is 0 Å². The summed E-state index contributed by atoms with van der Waals surface area (Å²) in [5.74, 6) is 1.70. The van der Waals surface area contributed by atoms with Crippen LogP contribution in [0.15, 0.2) is 18.2 Å². The monoisotopic (exact) mass is 239 g/mol. The quantitative estimate of drug-likeness (QED) is 0.788. The summed E-state index contributed by atoms with van der Waals surface area (Å²) in [6.45, 7) is 3.56. The summed E-state index contributed by atoms with van der Waals surface area (Å²) in [5, 5.41) is 3.32. The average Bonchev–Trinajstić information content (AvgIpc) is 2.38. The van der Waals surface area contributed by atoms with E-state index in [2.05, 4.69) is 5.32 Å². The van der Waals surface area contributed by atoms with Crippen molar-refractivity contribution < 1.29 is 14.2 Å². The summed E-state index contributed by atoms with van der Waals surface area (Å²) in [6.07, 6.45) is 0.201. The van der Waals surface area contributed by atoms with Crippen LogP contribution in [0.5, 0.6) is 11.5 Å². The lowest BCUT2D eigenvalue weighted by molar-refractivity contribution is 0.117. The van der Waals surface area contributed by atoms with Crippen LogP contribution in [0, 0.1) is 0 Å². The number of benzene rings is 1. The van der Waals surface area contributed by atoms with Gasteiger partial charge < -0.3 is 19.5 Å². The molecule has 4 nitrogen and oxygen atoms in total. The second-order valence-corrected chi connectivity index (χ2v) is 3.85. The van der Waals surface area contributed by atoms with Crippen LogP contribution in [-0.2, 0) is 11.3 Å². The van der Waals surface area contributed by atoms with Crippen LogP contribution in [0.2, 0.25) is 0 Å². The van der Waals surface area contributed by atoms with Crippen molar-refractivity contribution in [3.05, 3.63) is 23.8 Å². The SMILES string of the molecule is COc1ccc(OC)c(CNCC(C)OC)c1. The minimum absolute atomic E-state index is 0.201. The van der Waals surface area contributed by atoms with Gasteiger partial charge in [-0.3, -0.25) is 0 Å². The van der Waals surface area contributed by atoms with Crippen molar-refractivity contribution in [2.24, 2.45) is 0 Å². The lowest BCUT2D eigenvalue weighted by Gasteiger charge is -2.13. The Bertz CT molecular complexity index is 341. The van der Waals surface area contributed by atoms with E-state index >= 15 is 0 Å². The molecule has 0 aromatic heterocycles. The first-order valence-electron chi connectivity index (χ1n) is 5.65. The van der Waals surface area contributed by atoms with E-state index in [1.165, 1.54) is 0 Å². The molecule has 1 aromatic carbocycles. The molecule has 0 aliphatic carbocycles. The lowest BCUT2D eigenvalue weighted by atomic mass is 10.2. The second kappa shape index (κ2) is 7.14. The van der Waals surface area contributed by atoms with Crippen LogP contribution in [-0.4, -0.2) is 34.0 Å². The van der Waals surface area contributed by atoms with Crippen molar-refractivity contribution in [2.45, 2.75) is 19.6 Å². The fraction of sp³-hybridized carbons (Fsp3) is 0.538. The van der Waals surface area contributed by atoms with E-state index in [1.807, 2.05) is 25.1 Å². The van der Waals surface area contributed by atoms with E-state index in [-0.39, 0.29) is 6.10 Å². The highest BCUT2D eigenvalue weighted by molar-refractivity contribution is 5.40. The van der Waals surface area contributed by atoms with Crippen molar-refractivity contribution >= 4 is 0 Å². The van der Waals surface area contributed by atoms with Gasteiger partial charge in [-0.15, -0.1) is 0 Å². The molecule has 0 amide bonds. The van der Waals surface area contributed by atoms with Crippen LogP contribution in [0.4, 0.5) is 0 Å². The van der Waals surface area contributed by atoms with Crippen molar-refractivity contribution in [3.8, 4) is 11.5 Å². The first-order valence-corrected chi connectivity index (χ1v) is 5.65. The summed E-state index contributed by atoms with van der Waals surface area (Å²) in [4.78, 5) is 0. The molecule has 1 aromatic rings. The highest BCUT2D eigenvalue weighted by Gasteiger charge is 2.05. The molecule has 0 bridgehead atoms. The Balaban J connectivity index is 2.61. The van der Waals surface area contributed by atoms with Gasteiger partial charge in [0.1, 0.15) is 11.5 Å². The van der Waals surface area contributed by atoms with Crippen LogP contribution in [0.1, 0.15) is 12.5 Å². The smallest absolute Gasteiger partial charge is 0.123 e. The Kier molecular flexibility index (Phi) is 5.80. The molecular weight excluding hydrogens is 218 g/mol. The third kappa shape index (κ3) is 4.24. The third-order valence-corrected chi connectivity index (χ3v) is 2.64. The van der Waals surface area contributed by atoms with Gasteiger partial charge in [-0.25, -0.2) is 0 Å². The Morgan fingerprint density at radius 2 is 1.94 bits per heavy atom. The molecule has 1 atom stereocenters. The fourth-order valence-electron chi connectivity index (χ4n) is 1.51. The zero-order valence-electron chi connectivity index (χ0n) is 10.9. The second-order valence-electron chi connectivity index (χ2n) is 3.85. The maximum absolute atomic E-state index is 5.30. The zero-order valence-corrected chi connectivity index (χ0v) is 10.9. The van der Waals surface area contributed by atoms with E-state index in [0.717, 1.165) is 30.2 Å². The van der Waals surface area contributed by atoms with Crippen molar-refractivity contribution in [2.75, 3.05) is 27.9 Å². The topological polar surface area (TPSA) is 39.7 Å². The normalized spacial score (nSPS) is 12.2. The summed E-state index contributed by atoms with van der Waals surface area (Å²) in [7, 11) is 5.04. The Morgan fingerprint density at radius 3 is 2.53 bits per heavy atom. The van der Waals surface area contributed by atoms with Gasteiger partial charge in [0.25, 0.3) is 0 Å². The molecule has 0 spiro atoms. The number of nitrogens with one attached hydrogen (secondary N) is 1. The van der Waals surface area contributed by atoms with Crippen LogP contribution < -0.4 is 14.8 Å². The number of ether oxygens (including phenoxy) is 3. The molecule has 17 heavy (non-hydrogen) atoms. The van der Waals surface area contributed by atoms with Gasteiger partial charge in [0.15, 0.2) is 0 Å². The Labute approximate surface area is 103 Å². The molecule has 4 heteroatoms. The Hall–Kier alpha value is -1.26. The first kappa shape index (κ1) is 13.8. The summed E-state index contributed by atoms with van der Waals surface area (Å²) >= 11 is 0. The van der Waals surface area contributed by atoms with E-state index < -0.39 is 0 Å². The van der Waals surface area contributed by atoms with Crippen molar-refractivity contribution in [3.63, 3.8) is 0 Å². The Morgan fingerprint density at radius 1 is 1.18 bits per heavy atom.